The zero-order valence-electron chi connectivity index (χ0n) is 18.3. The minimum absolute atomic E-state index is 0.169. The Morgan fingerprint density at radius 3 is 2.40 bits per heavy atom. The molecule has 30 heavy (non-hydrogen) atoms. The van der Waals surface area contributed by atoms with Crippen LogP contribution in [-0.4, -0.2) is 57.8 Å². The maximum absolute atomic E-state index is 12.4. The van der Waals surface area contributed by atoms with Crippen molar-refractivity contribution in [3.63, 3.8) is 0 Å². The first kappa shape index (κ1) is 21.7. The van der Waals surface area contributed by atoms with Gasteiger partial charge in [0.25, 0.3) is 0 Å². The second-order valence-corrected chi connectivity index (χ2v) is 7.36. The molecule has 2 aromatic rings. The van der Waals surface area contributed by atoms with Crippen LogP contribution in [0.15, 0.2) is 42.5 Å². The largest absolute Gasteiger partial charge is 0.493 e. The van der Waals surface area contributed by atoms with E-state index >= 15 is 0 Å². The van der Waals surface area contributed by atoms with E-state index in [4.69, 9.17) is 9.47 Å². The summed E-state index contributed by atoms with van der Waals surface area (Å²) in [5.74, 6) is 1.12. The van der Waals surface area contributed by atoms with Crippen LogP contribution in [-0.2, 0) is 4.79 Å². The topological polar surface area (TPSA) is 54.0 Å². The molecule has 1 aliphatic heterocycles. The molecule has 1 fully saturated rings. The van der Waals surface area contributed by atoms with Crippen molar-refractivity contribution >= 4 is 23.4 Å². The number of ether oxygens (including phenoxy) is 2. The van der Waals surface area contributed by atoms with Gasteiger partial charge in [-0.25, -0.2) is 0 Å². The van der Waals surface area contributed by atoms with E-state index in [-0.39, 0.29) is 5.91 Å². The molecule has 6 heteroatoms. The fraction of sp³-hybridized carbons (Fsp3) is 0.375. The molecule has 2 aromatic carbocycles. The Bertz CT molecular complexity index is 903. The second kappa shape index (κ2) is 10.2. The number of piperazine rings is 1. The number of nitrogens with zero attached hydrogens (tertiary/aromatic N) is 2. The predicted molar refractivity (Wildman–Crippen MR) is 123 cm³/mol. The van der Waals surface area contributed by atoms with Gasteiger partial charge in [-0.2, -0.15) is 0 Å². The van der Waals surface area contributed by atoms with Gasteiger partial charge in [0.05, 0.1) is 14.2 Å². The summed E-state index contributed by atoms with van der Waals surface area (Å²) in [7, 11) is 3.19. The molecule has 1 N–H and O–H groups in total. The van der Waals surface area contributed by atoms with E-state index < -0.39 is 0 Å². The fourth-order valence-corrected chi connectivity index (χ4v) is 3.61. The molecule has 0 aliphatic carbocycles. The quantitative estimate of drug-likeness (QED) is 0.705. The number of hydrogen-bond acceptors (Lipinski definition) is 5. The zero-order chi connectivity index (χ0) is 21.5. The highest BCUT2D eigenvalue weighted by Gasteiger charge is 2.16. The average molecular weight is 410 g/mol. The van der Waals surface area contributed by atoms with Gasteiger partial charge in [0.15, 0.2) is 11.5 Å². The van der Waals surface area contributed by atoms with E-state index in [0.717, 1.165) is 49.5 Å². The Kier molecular flexibility index (Phi) is 7.36. The first-order valence-corrected chi connectivity index (χ1v) is 10.3. The van der Waals surface area contributed by atoms with Crippen molar-refractivity contribution in [1.29, 1.82) is 0 Å². The number of likely N-dealkylation sites (N-methyl/N-ethyl adjacent to an activating group) is 1. The Balaban J connectivity index is 1.62. The highest BCUT2D eigenvalue weighted by atomic mass is 16.5. The van der Waals surface area contributed by atoms with Crippen molar-refractivity contribution < 1.29 is 14.3 Å². The van der Waals surface area contributed by atoms with Gasteiger partial charge in [0.1, 0.15) is 0 Å². The van der Waals surface area contributed by atoms with Crippen LogP contribution in [0.1, 0.15) is 18.1 Å². The van der Waals surface area contributed by atoms with E-state index in [1.807, 2.05) is 31.2 Å². The number of benzene rings is 2. The monoisotopic (exact) mass is 409 g/mol. The minimum atomic E-state index is -0.169. The smallest absolute Gasteiger partial charge is 0.248 e. The van der Waals surface area contributed by atoms with Gasteiger partial charge in [0.2, 0.25) is 5.91 Å². The number of rotatable bonds is 7. The average Bonchev–Trinajstić information content (AvgIpc) is 2.78. The molecule has 0 aromatic heterocycles. The SMILES string of the molecule is CCN1CCN(c2ccc(NC(=O)/C=C/c3ccc(OC)c(OC)c3)c(C)c2)CC1. The number of hydrogen-bond donors (Lipinski definition) is 1. The first-order chi connectivity index (χ1) is 14.5. The van der Waals surface area contributed by atoms with Crippen molar-refractivity contribution in [1.82, 2.24) is 4.90 Å². The summed E-state index contributed by atoms with van der Waals surface area (Å²) in [6, 6.07) is 11.8. The lowest BCUT2D eigenvalue weighted by Gasteiger charge is -2.35. The maximum atomic E-state index is 12.4. The van der Waals surface area contributed by atoms with Crippen LogP contribution < -0.4 is 19.7 Å². The highest BCUT2D eigenvalue weighted by Crippen LogP contribution is 2.28. The summed E-state index contributed by atoms with van der Waals surface area (Å²) < 4.78 is 10.5. The zero-order valence-corrected chi connectivity index (χ0v) is 18.3. The van der Waals surface area contributed by atoms with Crippen molar-refractivity contribution in [2.45, 2.75) is 13.8 Å². The minimum Gasteiger partial charge on any atom is -0.493 e. The fourth-order valence-electron chi connectivity index (χ4n) is 3.61. The lowest BCUT2D eigenvalue weighted by molar-refractivity contribution is -0.111. The lowest BCUT2D eigenvalue weighted by Crippen LogP contribution is -2.46. The molecule has 160 valence electrons. The summed E-state index contributed by atoms with van der Waals surface area (Å²) in [4.78, 5) is 17.3. The van der Waals surface area contributed by atoms with Crippen molar-refractivity contribution in [2.24, 2.45) is 0 Å². The number of aryl methyl sites for hydroxylation is 1. The molecule has 1 amide bonds. The van der Waals surface area contributed by atoms with Gasteiger partial charge in [-0.05, 0) is 61.0 Å². The molecule has 3 rings (SSSR count). The summed E-state index contributed by atoms with van der Waals surface area (Å²) >= 11 is 0. The van der Waals surface area contributed by atoms with Gasteiger partial charge >= 0.3 is 0 Å². The number of carbonyl (C=O) groups is 1. The Labute approximate surface area is 179 Å². The Hall–Kier alpha value is -2.99. The molecule has 0 saturated carbocycles. The van der Waals surface area contributed by atoms with Gasteiger partial charge in [-0.1, -0.05) is 13.0 Å². The van der Waals surface area contributed by atoms with Gasteiger partial charge in [0, 0.05) is 43.6 Å². The van der Waals surface area contributed by atoms with E-state index in [1.165, 1.54) is 11.8 Å². The number of nitrogens with one attached hydrogen (secondary N) is 1. The van der Waals surface area contributed by atoms with Crippen LogP contribution in [0.4, 0.5) is 11.4 Å². The molecule has 1 aliphatic rings. The molecule has 6 nitrogen and oxygen atoms in total. The summed E-state index contributed by atoms with van der Waals surface area (Å²) in [6.45, 7) is 9.59. The molecular formula is C24H31N3O3. The van der Waals surface area contributed by atoms with Crippen LogP contribution in [0.3, 0.4) is 0 Å². The molecule has 1 heterocycles. The van der Waals surface area contributed by atoms with E-state index in [0.29, 0.717) is 11.5 Å². The number of carbonyl (C=O) groups excluding carboxylic acids is 1. The normalized spacial score (nSPS) is 14.7. The standard InChI is InChI=1S/C24H31N3O3/c1-5-26-12-14-27(15-13-26)20-8-9-21(18(2)16-20)25-24(28)11-7-19-6-10-22(29-3)23(17-19)30-4/h6-11,16-17H,5,12-15H2,1-4H3,(H,25,28)/b11-7+. The molecule has 1 saturated heterocycles. The molecule has 0 radical (unpaired) electrons. The Morgan fingerprint density at radius 2 is 1.77 bits per heavy atom. The predicted octanol–water partition coefficient (Wildman–Crippen LogP) is 3.81. The third-order valence-corrected chi connectivity index (χ3v) is 5.49. The summed E-state index contributed by atoms with van der Waals surface area (Å²) in [6.07, 6.45) is 3.28. The van der Waals surface area contributed by atoms with E-state index in [9.17, 15) is 4.79 Å². The molecule has 0 unspecified atom stereocenters. The van der Waals surface area contributed by atoms with Crippen molar-refractivity contribution in [3.05, 3.63) is 53.6 Å². The van der Waals surface area contributed by atoms with Gasteiger partial charge in [-0.3, -0.25) is 4.79 Å². The first-order valence-electron chi connectivity index (χ1n) is 10.3. The summed E-state index contributed by atoms with van der Waals surface area (Å²) in [5.41, 5.74) is 3.95. The van der Waals surface area contributed by atoms with Crippen LogP contribution in [0.5, 0.6) is 11.5 Å². The third kappa shape index (κ3) is 5.33. The van der Waals surface area contributed by atoms with Gasteiger partial charge < -0.3 is 24.6 Å². The van der Waals surface area contributed by atoms with Crippen LogP contribution in [0, 0.1) is 6.92 Å². The number of anilines is 2. The van der Waals surface area contributed by atoms with Gasteiger partial charge in [-0.15, -0.1) is 0 Å². The van der Waals surface area contributed by atoms with E-state index in [1.54, 1.807) is 20.3 Å². The molecule has 0 atom stereocenters. The van der Waals surface area contributed by atoms with Crippen molar-refractivity contribution in [3.8, 4) is 11.5 Å². The maximum Gasteiger partial charge on any atom is 0.248 e. The van der Waals surface area contributed by atoms with Crippen LogP contribution in [0.25, 0.3) is 6.08 Å². The van der Waals surface area contributed by atoms with Crippen molar-refractivity contribution in [2.75, 3.05) is 57.2 Å². The van der Waals surface area contributed by atoms with E-state index in [2.05, 4.69) is 34.2 Å². The molecule has 0 spiro atoms. The van der Waals surface area contributed by atoms with Crippen LogP contribution in [0.2, 0.25) is 0 Å². The highest BCUT2D eigenvalue weighted by molar-refractivity contribution is 6.02. The Morgan fingerprint density at radius 1 is 1.03 bits per heavy atom. The molecular weight excluding hydrogens is 378 g/mol. The molecule has 0 bridgehead atoms. The summed E-state index contributed by atoms with van der Waals surface area (Å²) in [5, 5.41) is 2.97. The second-order valence-electron chi connectivity index (χ2n) is 7.36. The number of amides is 1. The lowest BCUT2D eigenvalue weighted by atomic mass is 10.1. The number of methoxy groups -OCH3 is 2. The van der Waals surface area contributed by atoms with Crippen LogP contribution >= 0.6 is 0 Å². The third-order valence-electron chi connectivity index (χ3n) is 5.49.